The van der Waals surface area contributed by atoms with Gasteiger partial charge in [-0.2, -0.15) is 0 Å². The highest BCUT2D eigenvalue weighted by atomic mass is 16.5. The van der Waals surface area contributed by atoms with E-state index >= 15 is 0 Å². The van der Waals surface area contributed by atoms with Gasteiger partial charge in [-0.25, -0.2) is 9.97 Å². The number of anilines is 1. The van der Waals surface area contributed by atoms with E-state index in [4.69, 9.17) is 9.26 Å². The molecule has 1 aliphatic heterocycles. The van der Waals surface area contributed by atoms with Gasteiger partial charge in [-0.05, 0) is 27.7 Å². The predicted molar refractivity (Wildman–Crippen MR) is 79.5 cm³/mol. The first-order valence-corrected chi connectivity index (χ1v) is 7.19. The Morgan fingerprint density at radius 2 is 1.71 bits per heavy atom. The van der Waals surface area contributed by atoms with Crippen LogP contribution in [0.3, 0.4) is 0 Å². The zero-order valence-corrected chi connectivity index (χ0v) is 12.9. The molecule has 3 rings (SSSR count). The number of morpholine rings is 1. The van der Waals surface area contributed by atoms with Crippen LogP contribution in [0.2, 0.25) is 0 Å². The molecule has 6 nitrogen and oxygen atoms in total. The van der Waals surface area contributed by atoms with E-state index in [-0.39, 0.29) is 0 Å². The largest absolute Gasteiger partial charge is 0.378 e. The summed E-state index contributed by atoms with van der Waals surface area (Å²) in [5, 5.41) is 4.04. The van der Waals surface area contributed by atoms with Crippen molar-refractivity contribution < 1.29 is 9.26 Å². The molecule has 3 heterocycles. The van der Waals surface area contributed by atoms with Crippen LogP contribution in [0.1, 0.15) is 22.8 Å². The molecule has 0 unspecified atom stereocenters. The van der Waals surface area contributed by atoms with Crippen LogP contribution in [-0.2, 0) is 4.74 Å². The average Bonchev–Trinajstić information content (AvgIpc) is 2.81. The summed E-state index contributed by atoms with van der Waals surface area (Å²) in [5.41, 5.74) is 3.83. The summed E-state index contributed by atoms with van der Waals surface area (Å²) in [6.45, 7) is 11.0. The standard InChI is InChI=1S/C15H20N4O2/c1-9-14(13-10(2)18-21-11(13)3)16-12(4)17-15(9)19-5-7-20-8-6-19/h5-8H2,1-4H3. The van der Waals surface area contributed by atoms with Gasteiger partial charge in [0.25, 0.3) is 0 Å². The van der Waals surface area contributed by atoms with Crippen molar-refractivity contribution in [3.05, 3.63) is 22.8 Å². The van der Waals surface area contributed by atoms with Gasteiger partial charge >= 0.3 is 0 Å². The van der Waals surface area contributed by atoms with Crippen LogP contribution < -0.4 is 4.90 Å². The number of rotatable bonds is 2. The van der Waals surface area contributed by atoms with E-state index in [1.807, 2.05) is 20.8 Å². The van der Waals surface area contributed by atoms with Gasteiger partial charge in [0.1, 0.15) is 17.4 Å². The van der Waals surface area contributed by atoms with E-state index in [2.05, 4.69) is 26.9 Å². The second kappa shape index (κ2) is 5.44. The lowest BCUT2D eigenvalue weighted by Gasteiger charge is -2.29. The summed E-state index contributed by atoms with van der Waals surface area (Å²) in [6, 6.07) is 0. The second-order valence-electron chi connectivity index (χ2n) is 5.37. The summed E-state index contributed by atoms with van der Waals surface area (Å²) in [4.78, 5) is 11.5. The molecule has 0 atom stereocenters. The normalized spacial score (nSPS) is 15.5. The van der Waals surface area contributed by atoms with Crippen molar-refractivity contribution in [1.82, 2.24) is 15.1 Å². The lowest BCUT2D eigenvalue weighted by Crippen LogP contribution is -2.37. The van der Waals surface area contributed by atoms with Crippen LogP contribution in [-0.4, -0.2) is 41.4 Å². The van der Waals surface area contributed by atoms with Gasteiger partial charge in [0.15, 0.2) is 0 Å². The molecule has 21 heavy (non-hydrogen) atoms. The van der Waals surface area contributed by atoms with Crippen LogP contribution in [0.25, 0.3) is 11.3 Å². The van der Waals surface area contributed by atoms with Crippen LogP contribution in [0, 0.1) is 27.7 Å². The Kier molecular flexibility index (Phi) is 3.63. The monoisotopic (exact) mass is 288 g/mol. The van der Waals surface area contributed by atoms with Crippen molar-refractivity contribution >= 4 is 5.82 Å². The molecule has 1 saturated heterocycles. The van der Waals surface area contributed by atoms with Gasteiger partial charge < -0.3 is 14.2 Å². The summed E-state index contributed by atoms with van der Waals surface area (Å²) in [6.07, 6.45) is 0. The van der Waals surface area contributed by atoms with Crippen molar-refractivity contribution in [2.24, 2.45) is 0 Å². The maximum atomic E-state index is 5.42. The molecule has 0 radical (unpaired) electrons. The maximum absolute atomic E-state index is 5.42. The Labute approximate surface area is 124 Å². The van der Waals surface area contributed by atoms with Crippen LogP contribution >= 0.6 is 0 Å². The molecule has 0 spiro atoms. The summed E-state index contributed by atoms with van der Waals surface area (Å²) >= 11 is 0. The van der Waals surface area contributed by atoms with Gasteiger partial charge in [0, 0.05) is 18.7 Å². The molecule has 2 aromatic rings. The quantitative estimate of drug-likeness (QED) is 0.844. The van der Waals surface area contributed by atoms with E-state index in [1.165, 1.54) is 0 Å². The molecule has 0 aliphatic carbocycles. The second-order valence-corrected chi connectivity index (χ2v) is 5.37. The number of aromatic nitrogens is 3. The van der Waals surface area contributed by atoms with Gasteiger partial charge in [0.05, 0.1) is 30.2 Å². The first kappa shape index (κ1) is 14.0. The average molecular weight is 288 g/mol. The van der Waals surface area contributed by atoms with Gasteiger partial charge in [-0.1, -0.05) is 5.16 Å². The highest BCUT2D eigenvalue weighted by Crippen LogP contribution is 2.32. The molecule has 112 valence electrons. The highest BCUT2D eigenvalue weighted by Gasteiger charge is 2.22. The fraction of sp³-hybridized carbons (Fsp3) is 0.533. The Morgan fingerprint density at radius 3 is 2.33 bits per heavy atom. The van der Waals surface area contributed by atoms with Gasteiger partial charge in [0.2, 0.25) is 0 Å². The Hall–Kier alpha value is -1.95. The summed E-state index contributed by atoms with van der Waals surface area (Å²) < 4.78 is 10.7. The van der Waals surface area contributed by atoms with Gasteiger partial charge in [-0.15, -0.1) is 0 Å². The first-order chi connectivity index (χ1) is 10.1. The Bertz CT molecular complexity index is 640. The molecule has 0 amide bonds. The van der Waals surface area contributed by atoms with E-state index < -0.39 is 0 Å². The third-order valence-electron chi connectivity index (χ3n) is 3.81. The lowest BCUT2D eigenvalue weighted by molar-refractivity contribution is 0.122. The third-order valence-corrected chi connectivity index (χ3v) is 3.81. The smallest absolute Gasteiger partial charge is 0.143 e. The number of ether oxygens (including phenoxy) is 1. The molecule has 1 aliphatic rings. The molecule has 6 heteroatoms. The minimum absolute atomic E-state index is 0.739. The number of hydrogen-bond donors (Lipinski definition) is 0. The van der Waals surface area contributed by atoms with E-state index in [9.17, 15) is 0 Å². The lowest BCUT2D eigenvalue weighted by atomic mass is 10.1. The van der Waals surface area contributed by atoms with Crippen LogP contribution in [0.15, 0.2) is 4.52 Å². The zero-order chi connectivity index (χ0) is 15.0. The highest BCUT2D eigenvalue weighted by molar-refractivity contribution is 5.71. The Balaban J connectivity index is 2.12. The number of hydrogen-bond acceptors (Lipinski definition) is 6. The number of nitrogens with zero attached hydrogens (tertiary/aromatic N) is 4. The topological polar surface area (TPSA) is 64.3 Å². The fourth-order valence-electron chi connectivity index (χ4n) is 2.76. The zero-order valence-electron chi connectivity index (χ0n) is 12.9. The summed E-state index contributed by atoms with van der Waals surface area (Å²) in [5.74, 6) is 2.54. The maximum Gasteiger partial charge on any atom is 0.143 e. The molecule has 0 saturated carbocycles. The first-order valence-electron chi connectivity index (χ1n) is 7.19. The van der Waals surface area contributed by atoms with E-state index in [1.54, 1.807) is 0 Å². The SMILES string of the molecule is Cc1nc(-c2c(C)noc2C)c(C)c(N2CCOCC2)n1. The van der Waals surface area contributed by atoms with Crippen LogP contribution in [0.4, 0.5) is 5.82 Å². The minimum atomic E-state index is 0.739. The van der Waals surface area contributed by atoms with E-state index in [0.29, 0.717) is 0 Å². The molecule has 2 aromatic heterocycles. The van der Waals surface area contributed by atoms with Crippen molar-refractivity contribution in [3.63, 3.8) is 0 Å². The molecule has 0 N–H and O–H groups in total. The predicted octanol–water partition coefficient (Wildman–Crippen LogP) is 2.20. The molecular formula is C15H20N4O2. The van der Waals surface area contributed by atoms with Crippen molar-refractivity contribution in [2.75, 3.05) is 31.2 Å². The van der Waals surface area contributed by atoms with Crippen molar-refractivity contribution in [2.45, 2.75) is 27.7 Å². The summed E-state index contributed by atoms with van der Waals surface area (Å²) in [7, 11) is 0. The van der Waals surface area contributed by atoms with E-state index in [0.717, 1.165) is 66.2 Å². The molecule has 0 aromatic carbocycles. The minimum Gasteiger partial charge on any atom is -0.378 e. The Morgan fingerprint density at radius 1 is 1.00 bits per heavy atom. The van der Waals surface area contributed by atoms with Gasteiger partial charge in [-0.3, -0.25) is 0 Å². The molecule has 1 fully saturated rings. The van der Waals surface area contributed by atoms with Crippen molar-refractivity contribution in [1.29, 1.82) is 0 Å². The number of aryl methyl sites for hydroxylation is 3. The molecule has 0 bridgehead atoms. The molecular weight excluding hydrogens is 268 g/mol. The third kappa shape index (κ3) is 2.51. The van der Waals surface area contributed by atoms with Crippen LogP contribution in [0.5, 0.6) is 0 Å². The van der Waals surface area contributed by atoms with Crippen molar-refractivity contribution in [3.8, 4) is 11.3 Å². The fourth-order valence-corrected chi connectivity index (χ4v) is 2.76.